The van der Waals surface area contributed by atoms with Gasteiger partial charge in [0.2, 0.25) is 0 Å². The fourth-order valence-electron chi connectivity index (χ4n) is 9.58. The van der Waals surface area contributed by atoms with Gasteiger partial charge in [0.1, 0.15) is 17.3 Å². The first-order valence-electron chi connectivity index (χ1n) is 19.3. The third-order valence-electron chi connectivity index (χ3n) is 12.0. The van der Waals surface area contributed by atoms with Crippen LogP contribution in [0, 0.1) is 11.6 Å². The molecule has 10 aromatic rings. The lowest BCUT2D eigenvalue weighted by Crippen LogP contribution is -2.26. The van der Waals surface area contributed by atoms with Crippen molar-refractivity contribution in [2.75, 3.05) is 0 Å². The maximum atomic E-state index is 15.4. The number of fused-ring (bicyclic) bond motifs is 12. The van der Waals surface area contributed by atoms with Crippen molar-refractivity contribution >= 4 is 16.6 Å². The Morgan fingerprint density at radius 2 is 1.05 bits per heavy atom. The summed E-state index contributed by atoms with van der Waals surface area (Å²) >= 11 is 0. The predicted octanol–water partition coefficient (Wildman–Crippen LogP) is 12.6. The van der Waals surface area contributed by atoms with E-state index >= 15 is 8.78 Å². The van der Waals surface area contributed by atoms with Crippen LogP contribution >= 0.6 is 0 Å². The quantitative estimate of drug-likeness (QED) is 0.180. The number of rotatable bonds is 4. The minimum absolute atomic E-state index is 0.332. The lowest BCUT2D eigenvalue weighted by atomic mass is 9.70. The molecule has 0 bridgehead atoms. The van der Waals surface area contributed by atoms with E-state index in [0.717, 1.165) is 100 Å². The average Bonchev–Trinajstić information content (AvgIpc) is 3.90. The van der Waals surface area contributed by atoms with E-state index < -0.39 is 5.41 Å². The molecule has 2 aliphatic carbocycles. The summed E-state index contributed by atoms with van der Waals surface area (Å²) < 4.78 is 32.9. The molecule has 1 spiro atoms. The molecule has 58 heavy (non-hydrogen) atoms. The summed E-state index contributed by atoms with van der Waals surface area (Å²) in [4.78, 5) is 15.6. The number of pyridine rings is 1. The van der Waals surface area contributed by atoms with Gasteiger partial charge in [-0.1, -0.05) is 121 Å². The molecule has 7 aromatic carbocycles. The highest BCUT2D eigenvalue weighted by Crippen LogP contribution is 2.63. The number of imidazole rings is 1. The number of benzene rings is 7. The molecule has 0 saturated carbocycles. The molecule has 12 rings (SSSR count). The molecule has 0 N–H and O–H groups in total. The molecule has 0 unspecified atom stereocenters. The molecule has 3 heterocycles. The summed E-state index contributed by atoms with van der Waals surface area (Å²) in [6.45, 7) is 0. The zero-order chi connectivity index (χ0) is 38.5. The Hall–Kier alpha value is -7.57. The summed E-state index contributed by atoms with van der Waals surface area (Å²) in [5.41, 5.74) is 14.6. The number of hydrogen-bond acceptors (Lipinski definition) is 3. The highest BCUT2D eigenvalue weighted by Gasteiger charge is 2.52. The van der Waals surface area contributed by atoms with Crippen LogP contribution in [-0.2, 0) is 5.41 Å². The first-order chi connectivity index (χ1) is 28.6. The van der Waals surface area contributed by atoms with E-state index in [-0.39, 0.29) is 11.6 Å². The second-order valence-electron chi connectivity index (χ2n) is 15.0. The van der Waals surface area contributed by atoms with Crippen LogP contribution in [0.5, 0.6) is 0 Å². The van der Waals surface area contributed by atoms with Crippen LogP contribution in [0.15, 0.2) is 182 Å². The lowest BCUT2D eigenvalue weighted by Gasteiger charge is -2.30. The summed E-state index contributed by atoms with van der Waals surface area (Å²) in [5, 5.41) is 0.907. The summed E-state index contributed by atoms with van der Waals surface area (Å²) in [7, 11) is 0. The molecule has 272 valence electrons. The van der Waals surface area contributed by atoms with E-state index in [9.17, 15) is 0 Å². The van der Waals surface area contributed by atoms with Gasteiger partial charge in [-0.3, -0.25) is 4.40 Å². The Bertz CT molecular complexity index is 3280. The van der Waals surface area contributed by atoms with Crippen molar-refractivity contribution < 1.29 is 8.78 Å². The van der Waals surface area contributed by atoms with E-state index in [1.54, 1.807) is 12.1 Å². The molecule has 0 aliphatic heterocycles. The van der Waals surface area contributed by atoms with Crippen molar-refractivity contribution in [3.63, 3.8) is 0 Å². The van der Waals surface area contributed by atoms with Gasteiger partial charge in [-0.05, 0) is 99.1 Å². The van der Waals surface area contributed by atoms with E-state index in [0.29, 0.717) is 5.82 Å². The summed E-state index contributed by atoms with van der Waals surface area (Å²) in [6, 6.07) is 57.3. The van der Waals surface area contributed by atoms with Gasteiger partial charge >= 0.3 is 0 Å². The van der Waals surface area contributed by atoms with Crippen LogP contribution in [0.3, 0.4) is 0 Å². The van der Waals surface area contributed by atoms with Gasteiger partial charge in [-0.25, -0.2) is 23.7 Å². The van der Waals surface area contributed by atoms with Gasteiger partial charge in [0.25, 0.3) is 0 Å². The Balaban J connectivity index is 1.07. The first kappa shape index (κ1) is 32.7. The van der Waals surface area contributed by atoms with Crippen LogP contribution in [0.25, 0.3) is 84.0 Å². The van der Waals surface area contributed by atoms with Crippen molar-refractivity contribution in [3.8, 4) is 67.4 Å². The van der Waals surface area contributed by atoms with E-state index in [2.05, 4.69) is 65.1 Å². The van der Waals surface area contributed by atoms with Crippen molar-refractivity contribution in [3.05, 3.63) is 216 Å². The highest BCUT2D eigenvalue weighted by molar-refractivity contribution is 5.99. The van der Waals surface area contributed by atoms with Crippen molar-refractivity contribution in [1.82, 2.24) is 19.4 Å². The number of nitrogens with zero attached hydrogens (tertiary/aromatic N) is 4. The zero-order valence-electron chi connectivity index (χ0n) is 30.9. The normalized spacial score (nSPS) is 13.1. The highest BCUT2D eigenvalue weighted by atomic mass is 19.1. The molecule has 6 heteroatoms. The number of halogens is 2. The Morgan fingerprint density at radius 3 is 1.86 bits per heavy atom. The molecule has 0 amide bonds. The van der Waals surface area contributed by atoms with E-state index in [4.69, 9.17) is 15.0 Å². The van der Waals surface area contributed by atoms with Gasteiger partial charge in [0, 0.05) is 33.8 Å². The maximum Gasteiger partial charge on any atom is 0.160 e. The second kappa shape index (κ2) is 12.2. The molecule has 0 saturated heterocycles. The van der Waals surface area contributed by atoms with Crippen LogP contribution in [0.2, 0.25) is 0 Å². The Kier molecular flexibility index (Phi) is 6.88. The van der Waals surface area contributed by atoms with Crippen LogP contribution in [0.4, 0.5) is 8.78 Å². The molecular formula is C52H30F2N4. The van der Waals surface area contributed by atoms with Crippen LogP contribution in [-0.4, -0.2) is 19.4 Å². The molecular weight excluding hydrogens is 719 g/mol. The van der Waals surface area contributed by atoms with E-state index in [1.165, 1.54) is 12.1 Å². The largest absolute Gasteiger partial charge is 0.299 e. The van der Waals surface area contributed by atoms with Crippen LogP contribution in [0.1, 0.15) is 22.3 Å². The molecule has 0 fully saturated rings. The van der Waals surface area contributed by atoms with Crippen molar-refractivity contribution in [2.24, 2.45) is 0 Å². The topological polar surface area (TPSA) is 43.1 Å². The van der Waals surface area contributed by atoms with Gasteiger partial charge < -0.3 is 0 Å². The SMILES string of the molecule is Fc1ccc2c(c1)C1(c3ccccc3-c3ccc(-c4nc(-c5cccc(-c6c(-c7ccccc7)nc7ccccn67)c5)nc5ccccc45)cc31)c1cc(F)ccc1-2. The summed E-state index contributed by atoms with van der Waals surface area (Å²) in [6.07, 6.45) is 2.05. The summed E-state index contributed by atoms with van der Waals surface area (Å²) in [5.74, 6) is -0.0752. The van der Waals surface area contributed by atoms with Crippen molar-refractivity contribution in [1.29, 1.82) is 0 Å². The molecule has 0 atom stereocenters. The molecule has 4 nitrogen and oxygen atoms in total. The second-order valence-corrected chi connectivity index (χ2v) is 15.0. The van der Waals surface area contributed by atoms with E-state index in [1.807, 2.05) is 97.2 Å². The average molecular weight is 749 g/mol. The maximum absolute atomic E-state index is 15.4. The third-order valence-corrected chi connectivity index (χ3v) is 12.0. The number of hydrogen-bond donors (Lipinski definition) is 0. The number of aromatic nitrogens is 4. The van der Waals surface area contributed by atoms with Gasteiger partial charge in [-0.15, -0.1) is 0 Å². The molecule has 0 radical (unpaired) electrons. The first-order valence-corrected chi connectivity index (χ1v) is 19.3. The Labute approximate surface area is 332 Å². The van der Waals surface area contributed by atoms with Gasteiger partial charge in [0.15, 0.2) is 5.82 Å². The Morgan fingerprint density at radius 1 is 0.414 bits per heavy atom. The minimum atomic E-state index is -0.929. The monoisotopic (exact) mass is 748 g/mol. The third kappa shape index (κ3) is 4.57. The smallest absolute Gasteiger partial charge is 0.160 e. The minimum Gasteiger partial charge on any atom is -0.299 e. The number of para-hydroxylation sites is 1. The molecule has 2 aliphatic rings. The van der Waals surface area contributed by atoms with Crippen LogP contribution < -0.4 is 0 Å². The fraction of sp³-hybridized carbons (Fsp3) is 0.0192. The zero-order valence-corrected chi connectivity index (χ0v) is 30.9. The predicted molar refractivity (Wildman–Crippen MR) is 226 cm³/mol. The molecule has 3 aromatic heterocycles. The standard InChI is InChI=1S/C52H30F2N4/c53-35-21-24-39-40-25-22-36(54)30-45(40)52(44(39)29-35)42-17-6-4-15-37(42)38-23-20-32(28-43(38)52)48-41-16-5-7-18-46(41)55-51(57-48)34-14-10-13-33(27-34)50-49(31-11-2-1-3-12-31)56-47-19-8-9-26-58(47)50/h1-30H. The van der Waals surface area contributed by atoms with Gasteiger partial charge in [-0.2, -0.15) is 0 Å². The van der Waals surface area contributed by atoms with Gasteiger partial charge in [0.05, 0.1) is 28.0 Å². The lowest BCUT2D eigenvalue weighted by molar-refractivity contribution is 0.618. The fourth-order valence-corrected chi connectivity index (χ4v) is 9.58. The van der Waals surface area contributed by atoms with Crippen molar-refractivity contribution in [2.45, 2.75) is 5.41 Å².